The third-order valence-corrected chi connectivity index (χ3v) is 9.58. The van der Waals surface area contributed by atoms with Gasteiger partial charge in [-0.1, -0.05) is 36.4 Å². The fraction of sp³-hybridized carbons (Fsp3) is 0.370. The van der Waals surface area contributed by atoms with E-state index in [0.717, 1.165) is 9.13 Å². The van der Waals surface area contributed by atoms with Crippen molar-refractivity contribution in [2.45, 2.75) is 49.3 Å². The van der Waals surface area contributed by atoms with Gasteiger partial charge in [-0.25, -0.2) is 13.2 Å². The van der Waals surface area contributed by atoms with E-state index in [2.05, 4.69) is 10.6 Å². The van der Waals surface area contributed by atoms with Crippen LogP contribution in [0.15, 0.2) is 80.0 Å². The molecule has 2 N–H and O–H groups in total. The van der Waals surface area contributed by atoms with Crippen LogP contribution in [0.5, 0.6) is 0 Å². The number of alkyl halides is 3. The van der Waals surface area contributed by atoms with Crippen LogP contribution in [0.4, 0.5) is 13.2 Å². The van der Waals surface area contributed by atoms with E-state index in [4.69, 9.17) is 0 Å². The van der Waals surface area contributed by atoms with Crippen molar-refractivity contribution in [2.24, 2.45) is 0 Å². The number of allylic oxidation sites excluding steroid dienone is 3. The van der Waals surface area contributed by atoms with Gasteiger partial charge < -0.3 is 10.2 Å². The predicted octanol–water partition coefficient (Wildman–Crippen LogP) is 1.29. The molecule has 1 saturated heterocycles. The van der Waals surface area contributed by atoms with Crippen molar-refractivity contribution in [2.75, 3.05) is 18.8 Å². The summed E-state index contributed by atoms with van der Waals surface area (Å²) >= 11 is 0. The predicted molar refractivity (Wildman–Crippen MR) is 142 cm³/mol. The average molecular weight is 590 g/mol. The Balaban J connectivity index is 1.27. The Morgan fingerprint density at radius 3 is 2.63 bits per heavy atom. The molecule has 2 aromatic rings. The highest BCUT2D eigenvalue weighted by Gasteiger charge is 2.54. The molecule has 0 radical (unpaired) electrons. The molecule has 1 amide bonds. The molecule has 1 aromatic heterocycles. The van der Waals surface area contributed by atoms with Crippen LogP contribution in [0, 0.1) is 0 Å². The third-order valence-electron chi connectivity index (χ3n) is 7.74. The number of nitrogens with one attached hydrogen (secondary N) is 2. The van der Waals surface area contributed by atoms with Crippen molar-refractivity contribution >= 4 is 15.7 Å². The molecule has 5 heterocycles. The maximum Gasteiger partial charge on any atom is 0.418 e. The highest BCUT2D eigenvalue weighted by Crippen LogP contribution is 2.46. The quantitative estimate of drug-likeness (QED) is 0.385. The molecular formula is C27H26F3N5O5S. The lowest BCUT2D eigenvalue weighted by atomic mass is 10.0. The first-order valence-corrected chi connectivity index (χ1v) is 14.8. The van der Waals surface area contributed by atoms with Crippen molar-refractivity contribution < 1.29 is 26.4 Å². The number of rotatable bonds is 6. The lowest BCUT2D eigenvalue weighted by Crippen LogP contribution is -2.45. The molecule has 41 heavy (non-hydrogen) atoms. The Morgan fingerprint density at radius 2 is 1.90 bits per heavy atom. The number of hydrogen-bond acceptors (Lipinski definition) is 7. The van der Waals surface area contributed by atoms with Crippen LogP contribution in [0.1, 0.15) is 12.8 Å². The number of halogens is 3. The Hall–Kier alpha value is -3.91. The number of nitrogens with zero attached hydrogens (tertiary/aromatic N) is 3. The van der Waals surface area contributed by atoms with Gasteiger partial charge in [-0.15, -0.1) is 0 Å². The van der Waals surface area contributed by atoms with Gasteiger partial charge in [0.15, 0.2) is 14.9 Å². The van der Waals surface area contributed by atoms with Gasteiger partial charge in [0.25, 0.3) is 5.56 Å². The first-order chi connectivity index (χ1) is 19.5. The Morgan fingerprint density at radius 1 is 1.15 bits per heavy atom. The van der Waals surface area contributed by atoms with Gasteiger partial charge in [0.1, 0.15) is 0 Å². The number of fused-ring (bicyclic) bond motifs is 1. The van der Waals surface area contributed by atoms with Crippen molar-refractivity contribution in [1.82, 2.24) is 24.7 Å². The summed E-state index contributed by atoms with van der Waals surface area (Å²) in [4.78, 5) is 41.4. The minimum Gasteiger partial charge on any atom is -0.352 e. The monoisotopic (exact) mass is 589 g/mol. The Kier molecular flexibility index (Phi) is 6.57. The topological polar surface area (TPSA) is 123 Å². The van der Waals surface area contributed by atoms with E-state index >= 15 is 0 Å². The maximum atomic E-state index is 14.1. The van der Waals surface area contributed by atoms with Crippen LogP contribution in [-0.4, -0.2) is 65.6 Å². The molecule has 4 aliphatic rings. The zero-order valence-corrected chi connectivity index (χ0v) is 22.5. The third kappa shape index (κ3) is 4.45. The van der Waals surface area contributed by atoms with Crippen molar-refractivity contribution in [1.29, 1.82) is 0 Å². The molecule has 2 atom stereocenters. The fourth-order valence-corrected chi connectivity index (χ4v) is 7.78. The number of carbonyl (C=O) groups is 1. The largest absolute Gasteiger partial charge is 0.418 e. The highest BCUT2D eigenvalue weighted by atomic mass is 32.2. The van der Waals surface area contributed by atoms with E-state index in [1.54, 1.807) is 41.3 Å². The Labute approximate surface area is 232 Å². The SMILES string of the molecule is O=C(NCCCn1c(=O)c(-c2ccccc2)c2n(c1=O)CCCS2(=O)=O)C1=C(C(F)(F)F)C2=CC=CC3NCC1N23. The lowest BCUT2D eigenvalue weighted by Gasteiger charge is -2.28. The van der Waals surface area contributed by atoms with Gasteiger partial charge >= 0.3 is 11.9 Å². The molecule has 216 valence electrons. The molecule has 14 heteroatoms. The van der Waals surface area contributed by atoms with Crippen molar-refractivity contribution in [3.63, 3.8) is 0 Å². The smallest absolute Gasteiger partial charge is 0.352 e. The standard InChI is InChI=1S/C27H26F3N5O5S/c28-27(29,30)22-17-9-4-10-19-32-15-18(35(17)19)21(22)23(36)31-11-5-12-33-24(37)20(16-7-2-1-3-8-16)25-34(26(33)38)13-6-14-41(25,39)40/h1-4,7-10,18-19,32H,5-6,11-15H2,(H,31,36). The van der Waals surface area contributed by atoms with E-state index in [1.165, 1.54) is 12.2 Å². The van der Waals surface area contributed by atoms with E-state index in [1.807, 2.05) is 0 Å². The van der Waals surface area contributed by atoms with Gasteiger partial charge in [0, 0.05) is 26.2 Å². The summed E-state index contributed by atoms with van der Waals surface area (Å²) in [5, 5.41) is 5.33. The zero-order chi connectivity index (χ0) is 29.1. The van der Waals surface area contributed by atoms with Gasteiger partial charge in [-0.3, -0.25) is 24.0 Å². The van der Waals surface area contributed by atoms with E-state index < -0.39 is 51.0 Å². The molecule has 1 fully saturated rings. The van der Waals surface area contributed by atoms with E-state index in [-0.39, 0.29) is 66.6 Å². The molecule has 2 unspecified atom stereocenters. The zero-order valence-electron chi connectivity index (χ0n) is 21.6. The second-order valence-corrected chi connectivity index (χ2v) is 12.2. The highest BCUT2D eigenvalue weighted by molar-refractivity contribution is 7.91. The lowest BCUT2D eigenvalue weighted by molar-refractivity contribution is -0.119. The van der Waals surface area contributed by atoms with Gasteiger partial charge in [-0.2, -0.15) is 13.2 Å². The number of benzene rings is 1. The molecule has 4 aliphatic heterocycles. The summed E-state index contributed by atoms with van der Waals surface area (Å²) < 4.78 is 70.1. The normalized spacial score (nSPS) is 22.4. The van der Waals surface area contributed by atoms with E-state index in [9.17, 15) is 36.0 Å². The van der Waals surface area contributed by atoms with Crippen molar-refractivity contribution in [3.8, 4) is 11.1 Å². The first kappa shape index (κ1) is 27.3. The molecular weight excluding hydrogens is 563 g/mol. The van der Waals surface area contributed by atoms with Crippen LogP contribution in [0.25, 0.3) is 11.1 Å². The first-order valence-electron chi connectivity index (χ1n) is 13.2. The molecule has 10 nitrogen and oxygen atoms in total. The van der Waals surface area contributed by atoms with Crippen LogP contribution >= 0.6 is 0 Å². The minimum absolute atomic E-state index is 0.0509. The number of hydrogen-bond donors (Lipinski definition) is 2. The molecule has 0 bridgehead atoms. The summed E-state index contributed by atoms with van der Waals surface area (Å²) in [5.41, 5.74) is -2.69. The molecule has 0 saturated carbocycles. The molecule has 0 spiro atoms. The number of aromatic nitrogens is 2. The minimum atomic E-state index is -4.74. The fourth-order valence-electron chi connectivity index (χ4n) is 6.05. The number of carbonyl (C=O) groups excluding carboxylic acids is 1. The summed E-state index contributed by atoms with van der Waals surface area (Å²) in [6.45, 7) is 0.00979. The number of sulfone groups is 1. The maximum absolute atomic E-state index is 14.1. The average Bonchev–Trinajstić information content (AvgIpc) is 3.51. The second kappa shape index (κ2) is 9.87. The molecule has 1 aromatic carbocycles. The Bertz CT molecular complexity index is 1760. The molecule has 6 rings (SSSR count). The van der Waals surface area contributed by atoms with Gasteiger partial charge in [0.05, 0.1) is 40.4 Å². The van der Waals surface area contributed by atoms with Gasteiger partial charge in [-0.05, 0) is 30.6 Å². The van der Waals surface area contributed by atoms with E-state index in [0.29, 0.717) is 5.56 Å². The van der Waals surface area contributed by atoms with Gasteiger partial charge in [0.2, 0.25) is 5.91 Å². The second-order valence-electron chi connectivity index (χ2n) is 10.2. The van der Waals surface area contributed by atoms with Crippen LogP contribution < -0.4 is 21.9 Å². The van der Waals surface area contributed by atoms with Crippen molar-refractivity contribution in [3.05, 3.63) is 86.2 Å². The van der Waals surface area contributed by atoms with Crippen LogP contribution in [-0.2, 0) is 27.7 Å². The van der Waals surface area contributed by atoms with Crippen LogP contribution in [0.3, 0.4) is 0 Å². The summed E-state index contributed by atoms with van der Waals surface area (Å²) in [6.07, 6.45) is -0.305. The number of amides is 1. The van der Waals surface area contributed by atoms with Crippen LogP contribution in [0.2, 0.25) is 0 Å². The summed E-state index contributed by atoms with van der Waals surface area (Å²) in [6, 6.07) is 7.42. The summed E-state index contributed by atoms with van der Waals surface area (Å²) in [7, 11) is -3.88. The molecule has 0 aliphatic carbocycles. The summed E-state index contributed by atoms with van der Waals surface area (Å²) in [5.74, 6) is -1.05.